The van der Waals surface area contributed by atoms with Gasteiger partial charge in [-0.15, -0.1) is 0 Å². The van der Waals surface area contributed by atoms with E-state index in [4.69, 9.17) is 18.6 Å². The van der Waals surface area contributed by atoms with Gasteiger partial charge in [0.05, 0.1) is 5.39 Å². The number of fused-ring (bicyclic) bond motifs is 1. The summed E-state index contributed by atoms with van der Waals surface area (Å²) in [6.07, 6.45) is 5.81. The first-order valence-corrected chi connectivity index (χ1v) is 9.57. The Morgan fingerprint density at radius 3 is 2.30 bits per heavy atom. The summed E-state index contributed by atoms with van der Waals surface area (Å²) in [5, 5.41) is 0.347. The third-order valence-electron chi connectivity index (χ3n) is 4.05. The molecular formula is C23H26O7. The first kappa shape index (κ1) is 22.9. The quantitative estimate of drug-likeness (QED) is 0.267. The molecule has 2 rings (SSSR count). The first-order valence-electron chi connectivity index (χ1n) is 9.57. The minimum absolute atomic E-state index is 0.0290. The van der Waals surface area contributed by atoms with Gasteiger partial charge in [-0.1, -0.05) is 17.2 Å². The molecule has 0 aliphatic rings. The normalized spacial score (nSPS) is 11.2. The lowest BCUT2D eigenvalue weighted by molar-refractivity contribution is -0.132. The molecule has 30 heavy (non-hydrogen) atoms. The van der Waals surface area contributed by atoms with E-state index in [9.17, 15) is 14.4 Å². The van der Waals surface area contributed by atoms with Crippen LogP contribution in [-0.2, 0) is 9.59 Å². The molecule has 0 unspecified atom stereocenters. The zero-order valence-electron chi connectivity index (χ0n) is 17.9. The molecule has 160 valence electrons. The van der Waals surface area contributed by atoms with Gasteiger partial charge in [0, 0.05) is 19.9 Å². The van der Waals surface area contributed by atoms with Crippen molar-refractivity contribution in [2.75, 3.05) is 6.61 Å². The highest BCUT2D eigenvalue weighted by Crippen LogP contribution is 2.34. The Hall–Kier alpha value is -3.35. The number of hydrogen-bond donors (Lipinski definition) is 0. The largest absolute Gasteiger partial charge is 0.480 e. The zero-order chi connectivity index (χ0) is 22.3. The molecule has 0 radical (unpaired) electrons. The van der Waals surface area contributed by atoms with E-state index in [0.717, 1.165) is 18.4 Å². The van der Waals surface area contributed by atoms with Crippen LogP contribution in [0.4, 0.5) is 0 Å². The molecule has 1 aromatic carbocycles. The van der Waals surface area contributed by atoms with Gasteiger partial charge in [-0.05, 0) is 51.8 Å². The second kappa shape index (κ2) is 10.4. The van der Waals surface area contributed by atoms with Crippen LogP contribution >= 0.6 is 0 Å². The van der Waals surface area contributed by atoms with Crippen LogP contribution in [0.2, 0.25) is 0 Å². The SMILES string of the molecule is CC(=O)Oc1ccc2c(OC(C)=O)c(OCC=C(C)CCC=C(C)C)c(=O)oc2c1. The molecule has 7 heteroatoms. The third kappa shape index (κ3) is 6.62. The summed E-state index contributed by atoms with van der Waals surface area (Å²) in [4.78, 5) is 35.2. The van der Waals surface area contributed by atoms with Gasteiger partial charge in [-0.25, -0.2) is 4.79 Å². The molecule has 0 spiro atoms. The fraction of sp³-hybridized carbons (Fsp3) is 0.348. The molecule has 0 amide bonds. The summed E-state index contributed by atoms with van der Waals surface area (Å²) in [5.74, 6) is -1.13. The maximum atomic E-state index is 12.5. The Bertz CT molecular complexity index is 1050. The van der Waals surface area contributed by atoms with Crippen molar-refractivity contribution in [3.63, 3.8) is 0 Å². The Morgan fingerprint density at radius 2 is 1.67 bits per heavy atom. The highest BCUT2D eigenvalue weighted by Gasteiger charge is 2.20. The Labute approximate surface area is 174 Å². The van der Waals surface area contributed by atoms with Gasteiger partial charge < -0.3 is 18.6 Å². The van der Waals surface area contributed by atoms with Crippen molar-refractivity contribution in [1.82, 2.24) is 0 Å². The minimum atomic E-state index is -0.797. The number of esters is 2. The van der Waals surface area contributed by atoms with E-state index >= 15 is 0 Å². The molecule has 0 N–H and O–H groups in total. The van der Waals surface area contributed by atoms with E-state index in [2.05, 4.69) is 6.08 Å². The first-order chi connectivity index (χ1) is 14.2. The summed E-state index contributed by atoms with van der Waals surface area (Å²) < 4.78 is 21.2. The van der Waals surface area contributed by atoms with Crippen LogP contribution in [0.1, 0.15) is 47.5 Å². The average molecular weight is 414 g/mol. The van der Waals surface area contributed by atoms with Gasteiger partial charge in [-0.2, -0.15) is 0 Å². The number of ether oxygens (including phenoxy) is 3. The number of allylic oxidation sites excluding steroid dienone is 3. The second-order valence-electron chi connectivity index (χ2n) is 7.07. The van der Waals surface area contributed by atoms with E-state index in [1.807, 2.05) is 26.8 Å². The van der Waals surface area contributed by atoms with Crippen LogP contribution in [0, 0.1) is 0 Å². The van der Waals surface area contributed by atoms with E-state index < -0.39 is 17.6 Å². The molecule has 2 aromatic rings. The van der Waals surface area contributed by atoms with Gasteiger partial charge in [0.15, 0.2) is 5.75 Å². The second-order valence-corrected chi connectivity index (χ2v) is 7.07. The fourth-order valence-electron chi connectivity index (χ4n) is 2.69. The van der Waals surface area contributed by atoms with Crippen molar-refractivity contribution in [3.8, 4) is 17.2 Å². The Kier molecular flexibility index (Phi) is 7.98. The lowest BCUT2D eigenvalue weighted by atomic mass is 10.1. The van der Waals surface area contributed by atoms with Crippen molar-refractivity contribution in [2.24, 2.45) is 0 Å². The van der Waals surface area contributed by atoms with Gasteiger partial charge >= 0.3 is 17.6 Å². The van der Waals surface area contributed by atoms with Crippen molar-refractivity contribution in [1.29, 1.82) is 0 Å². The maximum absolute atomic E-state index is 12.5. The summed E-state index contributed by atoms with van der Waals surface area (Å²) in [7, 11) is 0. The number of carbonyl (C=O) groups excluding carboxylic acids is 2. The van der Waals surface area contributed by atoms with Crippen molar-refractivity contribution in [3.05, 3.63) is 51.9 Å². The molecule has 0 aliphatic heterocycles. The number of rotatable bonds is 8. The molecule has 0 aliphatic carbocycles. The molecular weight excluding hydrogens is 388 g/mol. The van der Waals surface area contributed by atoms with Crippen LogP contribution in [-0.4, -0.2) is 18.5 Å². The lowest BCUT2D eigenvalue weighted by Crippen LogP contribution is -2.12. The highest BCUT2D eigenvalue weighted by molar-refractivity contribution is 5.89. The van der Waals surface area contributed by atoms with Crippen molar-refractivity contribution < 1.29 is 28.2 Å². The van der Waals surface area contributed by atoms with Crippen LogP contribution in [0.15, 0.2) is 50.7 Å². The van der Waals surface area contributed by atoms with Gasteiger partial charge in [0.2, 0.25) is 5.75 Å². The molecule has 0 bridgehead atoms. The zero-order valence-corrected chi connectivity index (χ0v) is 17.9. The van der Waals surface area contributed by atoms with E-state index in [1.165, 1.54) is 37.6 Å². The van der Waals surface area contributed by atoms with E-state index in [-0.39, 0.29) is 29.4 Å². The molecule has 0 saturated heterocycles. The Balaban J connectivity index is 2.32. The molecule has 0 fully saturated rings. The summed E-state index contributed by atoms with van der Waals surface area (Å²) in [6, 6.07) is 4.41. The molecule has 1 aromatic heterocycles. The average Bonchev–Trinajstić information content (AvgIpc) is 2.62. The van der Waals surface area contributed by atoms with Crippen LogP contribution in [0.3, 0.4) is 0 Å². The van der Waals surface area contributed by atoms with Crippen molar-refractivity contribution in [2.45, 2.75) is 47.5 Å². The van der Waals surface area contributed by atoms with Gasteiger partial charge in [-0.3, -0.25) is 9.59 Å². The third-order valence-corrected chi connectivity index (χ3v) is 4.05. The monoisotopic (exact) mass is 414 g/mol. The maximum Gasteiger partial charge on any atom is 0.383 e. The van der Waals surface area contributed by atoms with E-state index in [1.54, 1.807) is 0 Å². The number of carbonyl (C=O) groups is 2. The molecule has 0 atom stereocenters. The summed E-state index contributed by atoms with van der Waals surface area (Å²) in [5.41, 5.74) is 1.68. The predicted octanol–water partition coefficient (Wildman–Crippen LogP) is 4.72. The number of hydrogen-bond acceptors (Lipinski definition) is 7. The van der Waals surface area contributed by atoms with Gasteiger partial charge in [0.1, 0.15) is 17.9 Å². The van der Waals surface area contributed by atoms with Crippen LogP contribution < -0.4 is 19.8 Å². The van der Waals surface area contributed by atoms with Crippen LogP contribution in [0.5, 0.6) is 17.2 Å². The lowest BCUT2D eigenvalue weighted by Gasteiger charge is -2.12. The number of benzene rings is 1. The molecule has 1 heterocycles. The summed E-state index contributed by atoms with van der Waals surface area (Å²) >= 11 is 0. The smallest absolute Gasteiger partial charge is 0.383 e. The molecule has 0 saturated carbocycles. The Morgan fingerprint density at radius 1 is 0.967 bits per heavy atom. The highest BCUT2D eigenvalue weighted by atomic mass is 16.6. The minimum Gasteiger partial charge on any atom is -0.480 e. The standard InChI is InChI=1S/C23H26O7/c1-14(2)7-6-8-15(3)11-12-27-22-21(29-17(5)25)19-10-9-18(28-16(4)24)13-20(19)30-23(22)26/h7,9-11,13H,6,8,12H2,1-5H3. The molecule has 7 nitrogen and oxygen atoms in total. The van der Waals surface area contributed by atoms with Crippen molar-refractivity contribution >= 4 is 22.9 Å². The predicted molar refractivity (Wildman–Crippen MR) is 113 cm³/mol. The van der Waals surface area contributed by atoms with Gasteiger partial charge in [0.25, 0.3) is 0 Å². The topological polar surface area (TPSA) is 92.0 Å². The van der Waals surface area contributed by atoms with E-state index in [0.29, 0.717) is 5.39 Å². The summed E-state index contributed by atoms with van der Waals surface area (Å²) in [6.45, 7) is 8.69. The fourth-order valence-corrected chi connectivity index (χ4v) is 2.69. The van der Waals surface area contributed by atoms with Crippen LogP contribution in [0.25, 0.3) is 11.0 Å².